The van der Waals surface area contributed by atoms with Crippen LogP contribution in [0.4, 0.5) is 0 Å². The number of hydrogen-bond donors (Lipinski definition) is 1. The van der Waals surface area contributed by atoms with Crippen LogP contribution in [-0.2, 0) is 47.7 Å². The van der Waals surface area contributed by atoms with E-state index in [1.165, 1.54) is 33.3 Å². The van der Waals surface area contributed by atoms with Gasteiger partial charge in [0.1, 0.15) is 24.6 Å². The Morgan fingerprint density at radius 3 is 2.05 bits per heavy atom. The Hall–Kier alpha value is -2.79. The number of rotatable bonds is 8. The summed E-state index contributed by atoms with van der Waals surface area (Å²) in [6, 6.07) is 0. The van der Waals surface area contributed by atoms with E-state index in [0.717, 1.165) is 51.4 Å². The van der Waals surface area contributed by atoms with Crippen molar-refractivity contribution in [2.45, 2.75) is 177 Å². The molecular formula is C45H68O11. The van der Waals surface area contributed by atoms with Crippen LogP contribution in [0.1, 0.15) is 140 Å². The number of aliphatic hydroxyl groups excluding tert-OH is 1. The highest BCUT2D eigenvalue weighted by atomic mass is 16.7. The van der Waals surface area contributed by atoms with Crippen molar-refractivity contribution in [3.05, 3.63) is 11.6 Å². The van der Waals surface area contributed by atoms with Gasteiger partial charge in [-0.1, -0.05) is 60.1 Å². The molecule has 0 aromatic heterocycles. The second-order valence-corrected chi connectivity index (χ2v) is 20.1. The molecule has 6 aliphatic rings. The molecule has 1 heterocycles. The first-order valence-corrected chi connectivity index (χ1v) is 21.2. The van der Waals surface area contributed by atoms with Crippen molar-refractivity contribution in [3.8, 4) is 0 Å². The number of carbonyl (C=O) groups is 5. The molecule has 5 fully saturated rings. The molecule has 5 unspecified atom stereocenters. The van der Waals surface area contributed by atoms with E-state index in [1.54, 1.807) is 0 Å². The van der Waals surface area contributed by atoms with Gasteiger partial charge in [0, 0.05) is 39.5 Å². The molecule has 1 saturated heterocycles. The predicted molar refractivity (Wildman–Crippen MR) is 207 cm³/mol. The second kappa shape index (κ2) is 15.1. The Bertz CT molecular complexity index is 1620. The van der Waals surface area contributed by atoms with Gasteiger partial charge in [-0.15, -0.1) is 0 Å². The van der Waals surface area contributed by atoms with Crippen molar-refractivity contribution in [2.24, 2.45) is 56.7 Å². The van der Waals surface area contributed by atoms with Gasteiger partial charge in [-0.3, -0.25) is 24.0 Å². The number of ether oxygens (including phenoxy) is 5. The van der Waals surface area contributed by atoms with Crippen molar-refractivity contribution in [1.82, 2.24) is 0 Å². The van der Waals surface area contributed by atoms with Crippen LogP contribution >= 0.6 is 0 Å². The molecule has 11 heteroatoms. The van der Waals surface area contributed by atoms with E-state index >= 15 is 0 Å². The molecule has 0 bridgehead atoms. The minimum absolute atomic E-state index is 0.0454. The highest BCUT2D eigenvalue weighted by molar-refractivity contribution is 5.85. The Labute approximate surface area is 333 Å². The van der Waals surface area contributed by atoms with Crippen LogP contribution in [0.3, 0.4) is 0 Å². The molecule has 314 valence electrons. The van der Waals surface area contributed by atoms with Gasteiger partial charge in [-0.05, 0) is 109 Å². The van der Waals surface area contributed by atoms with Crippen molar-refractivity contribution in [3.63, 3.8) is 0 Å². The summed E-state index contributed by atoms with van der Waals surface area (Å²) in [6.45, 7) is 21.2. The molecule has 5 aliphatic carbocycles. The zero-order valence-electron chi connectivity index (χ0n) is 35.7. The first-order valence-electron chi connectivity index (χ1n) is 21.2. The Morgan fingerprint density at radius 1 is 0.804 bits per heavy atom. The summed E-state index contributed by atoms with van der Waals surface area (Å²) in [4.78, 5) is 62.7. The fraction of sp³-hybridized carbons (Fsp3) is 0.844. The van der Waals surface area contributed by atoms with Gasteiger partial charge in [-0.25, -0.2) is 0 Å². The Balaban J connectivity index is 1.37. The van der Waals surface area contributed by atoms with Gasteiger partial charge in [0.15, 0.2) is 18.3 Å². The van der Waals surface area contributed by atoms with Gasteiger partial charge in [-0.2, -0.15) is 0 Å². The van der Waals surface area contributed by atoms with Crippen LogP contribution in [0, 0.1) is 56.7 Å². The largest absolute Gasteiger partial charge is 0.463 e. The van der Waals surface area contributed by atoms with E-state index in [-0.39, 0.29) is 39.6 Å². The predicted octanol–water partition coefficient (Wildman–Crippen LogP) is 7.09. The summed E-state index contributed by atoms with van der Waals surface area (Å²) in [7, 11) is 0. The number of esters is 4. The highest BCUT2D eigenvalue weighted by Crippen LogP contribution is 2.76. The molecule has 4 saturated carbocycles. The lowest BCUT2D eigenvalue weighted by molar-refractivity contribution is -0.269. The average Bonchev–Trinajstić information content (AvgIpc) is 3.09. The summed E-state index contributed by atoms with van der Waals surface area (Å²) in [5.41, 5.74) is 0.959. The van der Waals surface area contributed by atoms with Crippen LogP contribution in [0.2, 0.25) is 0 Å². The molecular weight excluding hydrogens is 716 g/mol. The zero-order valence-corrected chi connectivity index (χ0v) is 35.7. The number of allylic oxidation sites excluding steroid dienone is 2. The van der Waals surface area contributed by atoms with Crippen molar-refractivity contribution in [1.29, 1.82) is 0 Å². The number of aliphatic hydroxyl groups is 1. The summed E-state index contributed by atoms with van der Waals surface area (Å²) in [6.07, 6.45) is 4.08. The number of Topliss-reactive ketones (excluding diaryl/α,β-unsaturated/α-hetero) is 1. The summed E-state index contributed by atoms with van der Waals surface area (Å²) < 4.78 is 28.9. The van der Waals surface area contributed by atoms with Crippen molar-refractivity contribution in [2.75, 3.05) is 6.61 Å². The maximum atomic E-state index is 13.3. The van der Waals surface area contributed by atoms with Crippen LogP contribution in [0.5, 0.6) is 0 Å². The fourth-order valence-corrected chi connectivity index (χ4v) is 13.9. The molecule has 0 radical (unpaired) electrons. The SMILES string of the molecule is CC(=O)OCC1O[C@@H]([C@H](O)C[C@]23CC[C@@H](C)[C@H](C)C2C2=CCC4[C@@]5(C)CCC(=O)C(C)(C)C5CC[C@@]4(C)[C@]2(C)CC3)C(OC(C)=O)[C@@H](OC(C)=O)[C@H]1OC(C)=O. The van der Waals surface area contributed by atoms with E-state index in [1.807, 2.05) is 0 Å². The first kappa shape index (κ1) is 42.8. The standard InChI is InChI=1S/C45H68O11/c1-24-14-19-45(22-31(50)37-39(54-28(5)48)40(55-29(6)49)38(53-27(4)47)32(56-37)23-52-26(3)46)21-20-43(10)30(36(45)25(24)2)12-13-34-42(9)17-16-35(51)41(7,8)33(42)15-18-44(34,43)11/h12,24-25,31-34,36-40,50H,13-23H2,1-11H3/t24-,25+,31-,32?,33?,34?,36?,37+,38+,39?,40+,42+,43-,44-,45-/m1/s1. The average molecular weight is 785 g/mol. The zero-order chi connectivity index (χ0) is 41.3. The van der Waals surface area contributed by atoms with E-state index in [2.05, 4.69) is 54.5 Å². The van der Waals surface area contributed by atoms with E-state index < -0.39 is 60.5 Å². The topological polar surface area (TPSA) is 152 Å². The fourth-order valence-electron chi connectivity index (χ4n) is 13.9. The maximum absolute atomic E-state index is 13.3. The monoisotopic (exact) mass is 784 g/mol. The lowest BCUT2D eigenvalue weighted by Gasteiger charge is -2.71. The molecule has 0 spiro atoms. The lowest BCUT2D eigenvalue weighted by Crippen LogP contribution is -2.66. The first-order chi connectivity index (χ1) is 26.0. The molecule has 0 aromatic rings. The van der Waals surface area contributed by atoms with Crippen LogP contribution in [0.25, 0.3) is 0 Å². The summed E-state index contributed by atoms with van der Waals surface area (Å²) in [5.74, 6) is -0.420. The van der Waals surface area contributed by atoms with Crippen molar-refractivity contribution < 1.29 is 52.8 Å². The second-order valence-electron chi connectivity index (χ2n) is 20.1. The minimum atomic E-state index is -1.32. The number of fused-ring (bicyclic) bond motifs is 7. The third kappa shape index (κ3) is 6.96. The van der Waals surface area contributed by atoms with Crippen molar-refractivity contribution >= 4 is 29.7 Å². The normalized spacial score (nSPS) is 44.6. The molecule has 1 aliphatic heterocycles. The molecule has 0 aromatic carbocycles. The number of hydrogen-bond acceptors (Lipinski definition) is 11. The van der Waals surface area contributed by atoms with Crippen LogP contribution < -0.4 is 0 Å². The van der Waals surface area contributed by atoms with E-state index in [0.29, 0.717) is 42.3 Å². The lowest BCUT2D eigenvalue weighted by atomic mass is 9.33. The van der Waals surface area contributed by atoms with Crippen LogP contribution in [0.15, 0.2) is 11.6 Å². The molecule has 6 rings (SSSR count). The molecule has 1 N–H and O–H groups in total. The summed E-state index contributed by atoms with van der Waals surface area (Å²) >= 11 is 0. The number of carbonyl (C=O) groups excluding carboxylic acids is 5. The van der Waals surface area contributed by atoms with Gasteiger partial charge >= 0.3 is 23.9 Å². The third-order valence-electron chi connectivity index (χ3n) is 16.9. The number of ketones is 1. The van der Waals surface area contributed by atoms with E-state index in [9.17, 15) is 29.1 Å². The maximum Gasteiger partial charge on any atom is 0.303 e. The van der Waals surface area contributed by atoms with Gasteiger partial charge in [0.2, 0.25) is 0 Å². The molecule has 15 atom stereocenters. The highest BCUT2D eigenvalue weighted by Gasteiger charge is 2.69. The molecule has 56 heavy (non-hydrogen) atoms. The van der Waals surface area contributed by atoms with Gasteiger partial charge < -0.3 is 28.8 Å². The molecule has 11 nitrogen and oxygen atoms in total. The quantitative estimate of drug-likeness (QED) is 0.153. The van der Waals surface area contributed by atoms with Gasteiger partial charge in [0.05, 0.1) is 6.10 Å². The Kier molecular flexibility index (Phi) is 11.5. The smallest absolute Gasteiger partial charge is 0.303 e. The summed E-state index contributed by atoms with van der Waals surface area (Å²) in [5, 5.41) is 12.5. The molecule has 0 amide bonds. The van der Waals surface area contributed by atoms with Gasteiger partial charge in [0.25, 0.3) is 0 Å². The van der Waals surface area contributed by atoms with Crippen LogP contribution in [-0.4, -0.2) is 78.0 Å². The Morgan fingerprint density at radius 2 is 1.43 bits per heavy atom. The minimum Gasteiger partial charge on any atom is -0.463 e. The third-order valence-corrected chi connectivity index (χ3v) is 16.9. The van der Waals surface area contributed by atoms with E-state index in [4.69, 9.17) is 23.7 Å².